The van der Waals surface area contributed by atoms with Crippen LogP contribution in [-0.4, -0.2) is 28.0 Å². The number of thioether (sulfide) groups is 1. The molecule has 18 heavy (non-hydrogen) atoms. The van der Waals surface area contributed by atoms with Gasteiger partial charge in [-0.15, -0.1) is 11.8 Å². The van der Waals surface area contributed by atoms with E-state index in [1.165, 1.54) is 6.07 Å². The molecule has 2 rings (SSSR count). The highest BCUT2D eigenvalue weighted by Crippen LogP contribution is 2.37. The Hall–Kier alpha value is -0.390. The van der Waals surface area contributed by atoms with Crippen molar-refractivity contribution in [2.45, 2.75) is 30.3 Å². The number of halogens is 1. The molecule has 5 heteroatoms. The second-order valence-corrected chi connectivity index (χ2v) is 7.24. The summed E-state index contributed by atoms with van der Waals surface area (Å²) >= 11 is 1.59. The fraction of sp³-hybridized carbons (Fsp3) is 0.538. The lowest BCUT2D eigenvalue weighted by Crippen LogP contribution is -2.36. The van der Waals surface area contributed by atoms with Gasteiger partial charge in [0.2, 0.25) is 0 Å². The van der Waals surface area contributed by atoms with Gasteiger partial charge in [0.25, 0.3) is 0 Å². The molecule has 0 amide bonds. The van der Waals surface area contributed by atoms with Crippen molar-refractivity contribution in [3.05, 3.63) is 29.6 Å². The quantitative estimate of drug-likeness (QED) is 0.923. The van der Waals surface area contributed by atoms with Gasteiger partial charge in [-0.05, 0) is 30.7 Å². The fourth-order valence-corrected chi connectivity index (χ4v) is 4.24. The molecular weight excluding hydrogens is 269 g/mol. The predicted octanol–water partition coefficient (Wildman–Crippen LogP) is 2.72. The summed E-state index contributed by atoms with van der Waals surface area (Å²) in [5, 5.41) is 3.46. The van der Waals surface area contributed by atoms with E-state index in [1.54, 1.807) is 24.1 Å². The van der Waals surface area contributed by atoms with Gasteiger partial charge in [-0.1, -0.05) is 12.1 Å². The van der Waals surface area contributed by atoms with Gasteiger partial charge in [-0.2, -0.15) is 0 Å². The normalized spacial score (nSPS) is 22.3. The van der Waals surface area contributed by atoms with Crippen LogP contribution >= 0.6 is 11.8 Å². The van der Waals surface area contributed by atoms with Crippen LogP contribution in [0.5, 0.6) is 0 Å². The maximum absolute atomic E-state index is 13.7. The highest BCUT2D eigenvalue weighted by atomic mass is 32.2. The summed E-state index contributed by atoms with van der Waals surface area (Å²) in [6.45, 7) is 2.03. The minimum Gasteiger partial charge on any atom is -0.306 e. The second kappa shape index (κ2) is 6.17. The van der Waals surface area contributed by atoms with Crippen LogP contribution in [0.15, 0.2) is 23.1 Å². The monoisotopic (exact) mass is 287 g/mol. The van der Waals surface area contributed by atoms with Crippen molar-refractivity contribution < 1.29 is 8.60 Å². The number of nitrogens with one attached hydrogen (secondary N) is 1. The first-order valence-corrected chi connectivity index (χ1v) is 8.76. The lowest BCUT2D eigenvalue weighted by atomic mass is 10.0. The second-order valence-electron chi connectivity index (χ2n) is 4.66. The summed E-state index contributed by atoms with van der Waals surface area (Å²) < 4.78 is 24.9. The number of hydrogen-bond donors (Lipinski definition) is 1. The highest BCUT2D eigenvalue weighted by molar-refractivity contribution is 7.99. The Bertz CT molecular complexity index is 453. The van der Waals surface area contributed by atoms with Crippen molar-refractivity contribution in [1.82, 2.24) is 5.32 Å². The molecule has 1 aliphatic rings. The molecule has 0 aliphatic carbocycles. The van der Waals surface area contributed by atoms with E-state index >= 15 is 0 Å². The molecule has 1 heterocycles. The van der Waals surface area contributed by atoms with Gasteiger partial charge in [0.05, 0.1) is 0 Å². The zero-order valence-electron chi connectivity index (χ0n) is 10.6. The summed E-state index contributed by atoms with van der Waals surface area (Å²) in [6, 6.07) is 5.61. The maximum Gasteiger partial charge on any atom is 0.137 e. The van der Waals surface area contributed by atoms with Gasteiger partial charge in [0, 0.05) is 39.8 Å². The first-order chi connectivity index (χ1) is 8.58. The van der Waals surface area contributed by atoms with Crippen molar-refractivity contribution in [3.8, 4) is 0 Å². The smallest absolute Gasteiger partial charge is 0.137 e. The van der Waals surface area contributed by atoms with E-state index in [9.17, 15) is 8.60 Å². The third-order valence-electron chi connectivity index (χ3n) is 3.00. The average Bonchev–Trinajstić information content (AvgIpc) is 2.29. The molecule has 0 saturated carbocycles. The van der Waals surface area contributed by atoms with Crippen LogP contribution in [0.3, 0.4) is 0 Å². The van der Waals surface area contributed by atoms with Gasteiger partial charge in [-0.25, -0.2) is 4.39 Å². The molecule has 3 unspecified atom stereocenters. The van der Waals surface area contributed by atoms with Crippen LogP contribution in [0.1, 0.15) is 24.9 Å². The molecule has 1 N–H and O–H groups in total. The zero-order valence-corrected chi connectivity index (χ0v) is 12.2. The molecule has 0 spiro atoms. The summed E-state index contributed by atoms with van der Waals surface area (Å²) in [7, 11) is -0.804. The lowest BCUT2D eigenvalue weighted by Gasteiger charge is -2.28. The van der Waals surface area contributed by atoms with Gasteiger partial charge < -0.3 is 5.32 Å². The molecule has 1 aliphatic heterocycles. The molecule has 2 nitrogen and oxygen atoms in total. The first kappa shape index (κ1) is 14.0. The summed E-state index contributed by atoms with van der Waals surface area (Å²) in [4.78, 5) is 0.770. The van der Waals surface area contributed by atoms with Gasteiger partial charge >= 0.3 is 0 Å². The number of fused-ring (bicyclic) bond motifs is 1. The molecule has 1 aromatic carbocycles. The lowest BCUT2D eigenvalue weighted by molar-refractivity contribution is 0.454. The zero-order chi connectivity index (χ0) is 13.1. The van der Waals surface area contributed by atoms with Crippen LogP contribution in [0.25, 0.3) is 0 Å². The minimum atomic E-state index is -0.804. The molecule has 3 atom stereocenters. The van der Waals surface area contributed by atoms with Crippen molar-refractivity contribution >= 4 is 22.6 Å². The van der Waals surface area contributed by atoms with Crippen molar-refractivity contribution in [3.63, 3.8) is 0 Å². The van der Waals surface area contributed by atoms with E-state index in [2.05, 4.69) is 5.32 Å². The summed E-state index contributed by atoms with van der Waals surface area (Å²) in [5.41, 5.74) is 1.04. The Balaban J connectivity index is 2.13. The van der Waals surface area contributed by atoms with E-state index in [-0.39, 0.29) is 17.9 Å². The molecule has 0 saturated heterocycles. The molecule has 0 fully saturated rings. The Kier molecular flexibility index (Phi) is 4.81. The van der Waals surface area contributed by atoms with Crippen LogP contribution < -0.4 is 5.32 Å². The van der Waals surface area contributed by atoms with E-state index in [4.69, 9.17) is 0 Å². The summed E-state index contributed by atoms with van der Waals surface area (Å²) in [6.07, 6.45) is 2.70. The van der Waals surface area contributed by atoms with Crippen molar-refractivity contribution in [1.29, 1.82) is 0 Å². The third-order valence-corrected chi connectivity index (χ3v) is 5.12. The molecule has 0 aromatic heterocycles. The van der Waals surface area contributed by atoms with Gasteiger partial charge in [0.1, 0.15) is 5.82 Å². The van der Waals surface area contributed by atoms with E-state index in [1.807, 2.05) is 13.0 Å². The Morgan fingerprint density at radius 3 is 3.11 bits per heavy atom. The molecule has 0 radical (unpaired) electrons. The van der Waals surface area contributed by atoms with Crippen LogP contribution in [0.2, 0.25) is 0 Å². The summed E-state index contributed by atoms with van der Waals surface area (Å²) in [5.74, 6) is 1.43. The fourth-order valence-electron chi connectivity index (χ4n) is 2.30. The standard InChI is InChI=1S/C13H18FNOS2/c1-9(8-18(2)16)15-12-6-7-17-13-10(12)4-3-5-11(13)14/h3-5,9,12,15H,6-8H2,1-2H3. The van der Waals surface area contributed by atoms with Crippen LogP contribution in [0.4, 0.5) is 4.39 Å². The van der Waals surface area contributed by atoms with Gasteiger partial charge in [-0.3, -0.25) is 4.21 Å². The SMILES string of the molecule is CC(CS(C)=O)NC1CCSc2c(F)cccc21. The largest absolute Gasteiger partial charge is 0.306 e. The van der Waals surface area contributed by atoms with Gasteiger partial charge in [0.15, 0.2) is 0 Å². The Labute approximate surface area is 114 Å². The molecule has 0 bridgehead atoms. The third kappa shape index (κ3) is 3.33. The predicted molar refractivity (Wildman–Crippen MR) is 76.0 cm³/mol. The number of hydrogen-bond acceptors (Lipinski definition) is 3. The highest BCUT2D eigenvalue weighted by Gasteiger charge is 2.24. The topological polar surface area (TPSA) is 29.1 Å². The number of benzene rings is 1. The molecule has 100 valence electrons. The molecular formula is C13H18FNOS2. The van der Waals surface area contributed by atoms with Crippen molar-refractivity contribution in [2.75, 3.05) is 17.8 Å². The first-order valence-electron chi connectivity index (χ1n) is 6.05. The van der Waals surface area contributed by atoms with E-state index in [0.717, 1.165) is 22.6 Å². The molecule has 1 aromatic rings. The van der Waals surface area contributed by atoms with Crippen molar-refractivity contribution in [2.24, 2.45) is 0 Å². The van der Waals surface area contributed by atoms with Crippen LogP contribution in [0, 0.1) is 5.82 Å². The average molecular weight is 287 g/mol. The van der Waals surface area contributed by atoms with E-state index in [0.29, 0.717) is 5.75 Å². The number of rotatable bonds is 4. The minimum absolute atomic E-state index is 0.129. The Morgan fingerprint density at radius 1 is 1.61 bits per heavy atom. The maximum atomic E-state index is 13.7. The van der Waals surface area contributed by atoms with Crippen LogP contribution in [-0.2, 0) is 10.8 Å². The Morgan fingerprint density at radius 2 is 2.39 bits per heavy atom. The van der Waals surface area contributed by atoms with E-state index < -0.39 is 10.8 Å².